The van der Waals surface area contributed by atoms with E-state index >= 15 is 0 Å². The fraction of sp³-hybridized carbons (Fsp3) is 0.211. The van der Waals surface area contributed by atoms with Gasteiger partial charge in [0, 0.05) is 26.4 Å². The van der Waals surface area contributed by atoms with Crippen molar-refractivity contribution in [3.05, 3.63) is 82.1 Å². The molecule has 0 spiro atoms. The summed E-state index contributed by atoms with van der Waals surface area (Å²) >= 11 is 0. The van der Waals surface area contributed by atoms with E-state index in [0.717, 1.165) is 5.56 Å². The molecule has 9 heteroatoms. The molecule has 2 aromatic heterocycles. The first-order valence-corrected chi connectivity index (χ1v) is 8.52. The Morgan fingerprint density at radius 2 is 2.04 bits per heavy atom. The number of hydrogen-bond donors (Lipinski definition) is 1. The maximum atomic E-state index is 12.5. The minimum atomic E-state index is -0.638. The predicted octanol–water partition coefficient (Wildman–Crippen LogP) is 2.32. The number of carbonyl (C=O) groups is 1. The summed E-state index contributed by atoms with van der Waals surface area (Å²) in [6.45, 7) is 1.25. The number of amides is 1. The smallest absolute Gasteiger partial charge is 0.406 e. The van der Waals surface area contributed by atoms with Gasteiger partial charge in [0.15, 0.2) is 6.61 Å². The molecule has 0 aliphatic carbocycles. The van der Waals surface area contributed by atoms with E-state index in [-0.39, 0.29) is 12.4 Å². The summed E-state index contributed by atoms with van der Waals surface area (Å²) in [5.74, 6) is -0.259. The van der Waals surface area contributed by atoms with E-state index in [2.05, 4.69) is 15.3 Å². The monoisotopic (exact) mass is 381 g/mol. The Bertz CT molecular complexity index is 987. The summed E-state index contributed by atoms with van der Waals surface area (Å²) in [6.07, 6.45) is 3.44. The standard InChI is InChI=1S/C19H19N5O4/c1-13-8-9-15(18(21-13)24(26)27)28-12-16(25)22-17(14-6-4-3-5-7-14)19-20-10-11-23(19)2/h3-11,17H,12H2,1-2H3,(H,22,25)/t17-/m1/s1. The van der Waals surface area contributed by atoms with Gasteiger partial charge in [-0.05, 0) is 27.6 Å². The highest BCUT2D eigenvalue weighted by molar-refractivity contribution is 5.78. The third-order valence-electron chi connectivity index (χ3n) is 4.07. The van der Waals surface area contributed by atoms with Gasteiger partial charge in [0.05, 0.1) is 0 Å². The van der Waals surface area contributed by atoms with Gasteiger partial charge in [-0.2, -0.15) is 0 Å². The molecule has 0 aliphatic rings. The number of benzene rings is 1. The summed E-state index contributed by atoms with van der Waals surface area (Å²) in [7, 11) is 1.84. The zero-order valence-electron chi connectivity index (χ0n) is 15.4. The molecule has 9 nitrogen and oxygen atoms in total. The highest BCUT2D eigenvalue weighted by Gasteiger charge is 2.22. The molecule has 28 heavy (non-hydrogen) atoms. The number of rotatable bonds is 7. The second-order valence-electron chi connectivity index (χ2n) is 6.13. The number of ether oxygens (including phenoxy) is 1. The number of nitrogens with one attached hydrogen (secondary N) is 1. The van der Waals surface area contributed by atoms with Crippen LogP contribution in [0.5, 0.6) is 5.75 Å². The first-order chi connectivity index (χ1) is 13.5. The number of imidazole rings is 1. The molecule has 0 saturated carbocycles. The lowest BCUT2D eigenvalue weighted by Crippen LogP contribution is -2.34. The average molecular weight is 381 g/mol. The third-order valence-corrected chi connectivity index (χ3v) is 4.07. The molecule has 0 bridgehead atoms. The van der Waals surface area contributed by atoms with E-state index in [4.69, 9.17) is 4.74 Å². The van der Waals surface area contributed by atoms with Crippen LogP contribution in [0, 0.1) is 17.0 Å². The van der Waals surface area contributed by atoms with Crippen LogP contribution in [0.4, 0.5) is 5.82 Å². The van der Waals surface area contributed by atoms with Crippen molar-refractivity contribution in [1.29, 1.82) is 0 Å². The van der Waals surface area contributed by atoms with Crippen LogP contribution in [-0.4, -0.2) is 32.0 Å². The van der Waals surface area contributed by atoms with Crippen molar-refractivity contribution in [2.75, 3.05) is 6.61 Å². The highest BCUT2D eigenvalue weighted by atomic mass is 16.6. The lowest BCUT2D eigenvalue weighted by molar-refractivity contribution is -0.390. The number of hydrogen-bond acceptors (Lipinski definition) is 6. The maximum absolute atomic E-state index is 12.5. The first kappa shape index (κ1) is 19.0. The van der Waals surface area contributed by atoms with E-state index in [9.17, 15) is 14.9 Å². The zero-order valence-corrected chi connectivity index (χ0v) is 15.4. The van der Waals surface area contributed by atoms with E-state index in [0.29, 0.717) is 11.5 Å². The molecule has 2 heterocycles. The molecule has 1 N–H and O–H groups in total. The van der Waals surface area contributed by atoms with E-state index in [1.54, 1.807) is 25.4 Å². The lowest BCUT2D eigenvalue weighted by atomic mass is 10.1. The van der Waals surface area contributed by atoms with Crippen molar-refractivity contribution < 1.29 is 14.5 Å². The molecule has 3 rings (SSSR count). The fourth-order valence-electron chi connectivity index (χ4n) is 2.72. The van der Waals surface area contributed by atoms with Gasteiger partial charge in [0.25, 0.3) is 5.91 Å². The Kier molecular flexibility index (Phi) is 5.64. The number of pyridine rings is 1. The quantitative estimate of drug-likeness (QED) is 0.496. The van der Waals surface area contributed by atoms with E-state index in [1.165, 1.54) is 6.07 Å². The Balaban J connectivity index is 1.75. The van der Waals surface area contributed by atoms with Gasteiger partial charge in [-0.1, -0.05) is 30.3 Å². The molecule has 1 aromatic carbocycles. The van der Waals surface area contributed by atoms with Crippen LogP contribution in [0.3, 0.4) is 0 Å². The zero-order chi connectivity index (χ0) is 20.1. The molecule has 144 valence electrons. The minimum absolute atomic E-state index is 0.0565. The van der Waals surface area contributed by atoms with Crippen LogP contribution in [0.25, 0.3) is 0 Å². The van der Waals surface area contributed by atoms with Crippen LogP contribution in [0.1, 0.15) is 23.1 Å². The molecule has 0 fully saturated rings. The molecule has 1 atom stereocenters. The summed E-state index contributed by atoms with van der Waals surface area (Å²) in [6, 6.07) is 11.9. The van der Waals surface area contributed by atoms with Gasteiger partial charge in [-0.3, -0.25) is 4.79 Å². The number of aryl methyl sites for hydroxylation is 2. The summed E-state index contributed by atoms with van der Waals surface area (Å²) in [4.78, 5) is 31.1. The van der Waals surface area contributed by atoms with E-state index < -0.39 is 22.7 Å². The number of nitro groups is 1. The molecule has 0 radical (unpaired) electrons. The van der Waals surface area contributed by atoms with Gasteiger partial charge in [0.2, 0.25) is 5.75 Å². The highest BCUT2D eigenvalue weighted by Crippen LogP contribution is 2.24. The summed E-state index contributed by atoms with van der Waals surface area (Å²) in [5, 5.41) is 14.0. The van der Waals surface area contributed by atoms with Crippen molar-refractivity contribution in [3.63, 3.8) is 0 Å². The third kappa shape index (κ3) is 4.32. The molecule has 0 saturated heterocycles. The molecule has 0 unspecified atom stereocenters. The Labute approximate surface area is 161 Å². The van der Waals surface area contributed by atoms with Crippen LogP contribution in [-0.2, 0) is 11.8 Å². The summed E-state index contributed by atoms with van der Waals surface area (Å²) < 4.78 is 7.17. The fourth-order valence-corrected chi connectivity index (χ4v) is 2.72. The van der Waals surface area contributed by atoms with Crippen molar-refractivity contribution in [1.82, 2.24) is 19.9 Å². The molecule has 0 aliphatic heterocycles. The topological polar surface area (TPSA) is 112 Å². The first-order valence-electron chi connectivity index (χ1n) is 8.52. The van der Waals surface area contributed by atoms with Crippen LogP contribution >= 0.6 is 0 Å². The molecular weight excluding hydrogens is 362 g/mol. The Hall–Kier alpha value is -3.75. The van der Waals surface area contributed by atoms with Crippen LogP contribution < -0.4 is 10.1 Å². The Morgan fingerprint density at radius 1 is 1.29 bits per heavy atom. The maximum Gasteiger partial charge on any atom is 0.406 e. The normalized spacial score (nSPS) is 11.6. The van der Waals surface area contributed by atoms with Crippen LogP contribution in [0.15, 0.2) is 54.9 Å². The number of nitrogens with zero attached hydrogens (tertiary/aromatic N) is 4. The minimum Gasteiger partial charge on any atom is -0.476 e. The summed E-state index contributed by atoms with van der Waals surface area (Å²) in [5.41, 5.74) is 1.34. The lowest BCUT2D eigenvalue weighted by Gasteiger charge is -2.19. The largest absolute Gasteiger partial charge is 0.476 e. The van der Waals surface area contributed by atoms with Crippen molar-refractivity contribution in [2.24, 2.45) is 7.05 Å². The van der Waals surface area contributed by atoms with Crippen LogP contribution in [0.2, 0.25) is 0 Å². The van der Waals surface area contributed by atoms with Gasteiger partial charge in [-0.15, -0.1) is 0 Å². The average Bonchev–Trinajstić information content (AvgIpc) is 3.11. The van der Waals surface area contributed by atoms with Gasteiger partial charge in [-0.25, -0.2) is 4.98 Å². The van der Waals surface area contributed by atoms with Crippen molar-refractivity contribution in [3.8, 4) is 5.75 Å². The van der Waals surface area contributed by atoms with Crippen molar-refractivity contribution >= 4 is 11.7 Å². The Morgan fingerprint density at radius 3 is 2.68 bits per heavy atom. The number of aromatic nitrogens is 3. The van der Waals surface area contributed by atoms with Crippen molar-refractivity contribution in [2.45, 2.75) is 13.0 Å². The number of carbonyl (C=O) groups excluding carboxylic acids is 1. The molecule has 3 aromatic rings. The molecule has 1 amide bonds. The second kappa shape index (κ2) is 8.30. The van der Waals surface area contributed by atoms with Gasteiger partial charge >= 0.3 is 5.82 Å². The van der Waals surface area contributed by atoms with Gasteiger partial charge < -0.3 is 24.7 Å². The molecular formula is C19H19N5O4. The second-order valence-corrected chi connectivity index (χ2v) is 6.13. The van der Waals surface area contributed by atoms with E-state index in [1.807, 2.05) is 41.9 Å². The van der Waals surface area contributed by atoms with Gasteiger partial charge in [0.1, 0.15) is 17.6 Å². The SMILES string of the molecule is Cc1ccc(OCC(=O)N[C@H](c2ccccc2)c2nccn2C)c([N+](=O)[O-])n1. The predicted molar refractivity (Wildman–Crippen MR) is 101 cm³/mol.